The molecule has 0 bridgehead atoms. The fourth-order valence-electron chi connectivity index (χ4n) is 2.16. The Morgan fingerprint density at radius 1 is 1.00 bits per heavy atom. The van der Waals surface area contributed by atoms with Gasteiger partial charge in [-0.15, -0.1) is 35.3 Å². The van der Waals surface area contributed by atoms with Gasteiger partial charge in [0.2, 0.25) is 0 Å². The van der Waals surface area contributed by atoms with Crippen LogP contribution in [0.4, 0.5) is 5.69 Å². The first kappa shape index (κ1) is 36.0. The molecule has 1 aromatic carbocycles. The number of halogens is 4. The number of carbonyl (C=O) groups excluding carboxylic acids is 1. The summed E-state index contributed by atoms with van der Waals surface area (Å²) in [5.74, 6) is -1.66. The van der Waals surface area contributed by atoms with Crippen LogP contribution < -0.4 is 5.32 Å². The second-order valence-electron chi connectivity index (χ2n) is 5.23. The first-order valence-electron chi connectivity index (χ1n) is 10.5. The van der Waals surface area contributed by atoms with Crippen molar-refractivity contribution >= 4 is 99.3 Å². The fraction of sp³-hybridized carbons (Fsp3) is 0.250. The average Bonchev–Trinajstić information content (AvgIpc) is 3.40. The number of carboxylic acids is 1. The number of aromatic carboxylic acids is 1. The molecule has 2 heterocycles. The van der Waals surface area contributed by atoms with Crippen LogP contribution in [0.1, 0.15) is 62.3 Å². The molecule has 0 aliphatic carbocycles. The second kappa shape index (κ2) is 19.9. The molecule has 0 saturated heterocycles. The molecule has 0 fully saturated rings. The van der Waals surface area contributed by atoms with Crippen molar-refractivity contribution in [3.8, 4) is 10.4 Å². The van der Waals surface area contributed by atoms with Crippen molar-refractivity contribution in [1.29, 1.82) is 0 Å². The van der Waals surface area contributed by atoms with E-state index in [2.05, 4.69) is 24.5 Å². The van der Waals surface area contributed by atoms with E-state index in [4.69, 9.17) is 46.4 Å². The molecule has 0 saturated carbocycles. The molecule has 2 aromatic heterocycles. The zero-order chi connectivity index (χ0) is 27.7. The third-order valence-corrected chi connectivity index (χ3v) is 6.03. The number of carbonyl (C=O) groups is 2. The maximum absolute atomic E-state index is 12.4. The minimum absolute atomic E-state index is 0.0121. The summed E-state index contributed by atoms with van der Waals surface area (Å²) in [5, 5.41) is 14.3. The van der Waals surface area contributed by atoms with Gasteiger partial charge >= 0.3 is 5.97 Å². The van der Waals surface area contributed by atoms with Gasteiger partial charge in [0.1, 0.15) is 9.90 Å². The first-order valence-corrected chi connectivity index (χ1v) is 14.2. The quantitative estimate of drug-likeness (QED) is 0.255. The van der Waals surface area contributed by atoms with Crippen LogP contribution in [0.15, 0.2) is 46.7 Å². The molecular formula is C24H29Cl4NO3S3. The second-order valence-corrected chi connectivity index (χ2v) is 10.1. The van der Waals surface area contributed by atoms with Gasteiger partial charge in [-0.1, -0.05) is 107 Å². The van der Waals surface area contributed by atoms with Gasteiger partial charge < -0.3 is 10.4 Å². The molecule has 4 nitrogen and oxygen atoms in total. The molecule has 194 valence electrons. The summed E-state index contributed by atoms with van der Waals surface area (Å²) in [6, 6.07) is 8.24. The zero-order valence-corrected chi connectivity index (χ0v) is 25.8. The van der Waals surface area contributed by atoms with Gasteiger partial charge in [-0.05, 0) is 23.8 Å². The SMILES string of the molecule is C=C(S)Cl.CC.CC.CC.O=C(Nc1csc(-c2ccc(Cl)cc2)c1C(=O)O)c1cc(Cl)sc1Cl. The molecule has 0 spiro atoms. The molecular weight excluding hydrogens is 588 g/mol. The van der Waals surface area contributed by atoms with Crippen LogP contribution in [0.3, 0.4) is 0 Å². The Morgan fingerprint density at radius 3 is 1.89 bits per heavy atom. The Labute approximate surface area is 241 Å². The fourth-order valence-corrected chi connectivity index (χ4v) is 4.74. The van der Waals surface area contributed by atoms with E-state index < -0.39 is 11.9 Å². The number of thiophene rings is 2. The van der Waals surface area contributed by atoms with Gasteiger partial charge in [0.25, 0.3) is 5.91 Å². The van der Waals surface area contributed by atoms with Crippen LogP contribution in [0.5, 0.6) is 0 Å². The lowest BCUT2D eigenvalue weighted by atomic mass is 10.1. The van der Waals surface area contributed by atoms with E-state index in [1.54, 1.807) is 29.6 Å². The monoisotopic (exact) mass is 615 g/mol. The lowest BCUT2D eigenvalue weighted by Gasteiger charge is -2.06. The van der Waals surface area contributed by atoms with Gasteiger partial charge in [-0.25, -0.2) is 4.79 Å². The summed E-state index contributed by atoms with van der Waals surface area (Å²) in [4.78, 5) is 24.6. The molecule has 2 N–H and O–H groups in total. The van der Waals surface area contributed by atoms with E-state index >= 15 is 0 Å². The summed E-state index contributed by atoms with van der Waals surface area (Å²) in [7, 11) is 0. The van der Waals surface area contributed by atoms with Crippen LogP contribution in [-0.4, -0.2) is 17.0 Å². The number of hydrogen-bond donors (Lipinski definition) is 3. The van der Waals surface area contributed by atoms with Crippen molar-refractivity contribution in [3.63, 3.8) is 0 Å². The summed E-state index contributed by atoms with van der Waals surface area (Å²) in [6.45, 7) is 15.2. The van der Waals surface area contributed by atoms with Crippen LogP contribution in [0.25, 0.3) is 10.4 Å². The zero-order valence-electron chi connectivity index (χ0n) is 20.2. The first-order chi connectivity index (χ1) is 16.6. The molecule has 0 aliphatic rings. The number of thiol groups is 1. The van der Waals surface area contributed by atoms with E-state index in [-0.39, 0.29) is 21.2 Å². The number of benzene rings is 1. The summed E-state index contributed by atoms with van der Waals surface area (Å²) >= 11 is 28.4. The van der Waals surface area contributed by atoms with Gasteiger partial charge in [0.15, 0.2) is 0 Å². The van der Waals surface area contributed by atoms with Crippen LogP contribution >= 0.6 is 81.7 Å². The van der Waals surface area contributed by atoms with E-state index in [1.807, 2.05) is 41.5 Å². The highest BCUT2D eigenvalue weighted by molar-refractivity contribution is 7.86. The molecule has 3 aromatic rings. The Balaban J connectivity index is 0. The number of hydrogen-bond acceptors (Lipinski definition) is 5. The number of anilines is 1. The predicted octanol–water partition coefficient (Wildman–Crippen LogP) is 11.1. The van der Waals surface area contributed by atoms with Crippen molar-refractivity contribution in [2.24, 2.45) is 0 Å². The maximum atomic E-state index is 12.4. The van der Waals surface area contributed by atoms with Crippen molar-refractivity contribution in [3.05, 3.63) is 71.5 Å². The van der Waals surface area contributed by atoms with E-state index in [9.17, 15) is 14.7 Å². The predicted molar refractivity (Wildman–Crippen MR) is 162 cm³/mol. The van der Waals surface area contributed by atoms with Gasteiger partial charge in [-0.2, -0.15) is 0 Å². The Bertz CT molecular complexity index is 1060. The third-order valence-electron chi connectivity index (χ3n) is 3.26. The van der Waals surface area contributed by atoms with Crippen LogP contribution in [0, 0.1) is 0 Å². The summed E-state index contributed by atoms with van der Waals surface area (Å²) < 4.78 is 0.952. The highest BCUT2D eigenvalue weighted by Gasteiger charge is 2.23. The largest absolute Gasteiger partial charge is 0.478 e. The molecule has 3 rings (SSSR count). The average molecular weight is 618 g/mol. The normalized spacial score (nSPS) is 8.89. The minimum atomic E-state index is -1.14. The highest BCUT2D eigenvalue weighted by atomic mass is 35.5. The van der Waals surface area contributed by atoms with Gasteiger partial charge in [0, 0.05) is 10.4 Å². The van der Waals surface area contributed by atoms with Crippen molar-refractivity contribution in [1.82, 2.24) is 0 Å². The lowest BCUT2D eigenvalue weighted by Crippen LogP contribution is -2.13. The van der Waals surface area contributed by atoms with E-state index in [1.165, 1.54) is 17.4 Å². The number of amides is 1. The van der Waals surface area contributed by atoms with Gasteiger partial charge in [-0.3, -0.25) is 4.79 Å². The number of carboxylic acid groups (broad SMARTS) is 1. The Kier molecular flexibility index (Phi) is 20.5. The van der Waals surface area contributed by atoms with E-state index in [0.29, 0.717) is 24.2 Å². The molecule has 0 radical (unpaired) electrons. The molecule has 0 aliphatic heterocycles. The van der Waals surface area contributed by atoms with Crippen molar-refractivity contribution in [2.45, 2.75) is 41.5 Å². The van der Waals surface area contributed by atoms with Crippen LogP contribution in [0.2, 0.25) is 13.7 Å². The molecule has 1 amide bonds. The van der Waals surface area contributed by atoms with Crippen molar-refractivity contribution in [2.75, 3.05) is 5.32 Å². The highest BCUT2D eigenvalue weighted by Crippen LogP contribution is 2.37. The standard InChI is InChI=1S/C16H8Cl3NO3S2.C2H3ClS.3C2H6/c17-8-3-1-7(2-4-8)13-12(16(22)23)10(6-24-13)20-15(21)9-5-11(18)25-14(9)19;1-2(3)4;3*1-2/h1-6H,(H,20,21)(H,22,23);4H,1H2;3*1-2H3. The Morgan fingerprint density at radius 2 is 1.49 bits per heavy atom. The smallest absolute Gasteiger partial charge is 0.339 e. The van der Waals surface area contributed by atoms with Crippen molar-refractivity contribution < 1.29 is 14.7 Å². The molecule has 35 heavy (non-hydrogen) atoms. The van der Waals surface area contributed by atoms with Crippen LogP contribution in [-0.2, 0) is 0 Å². The summed E-state index contributed by atoms with van der Waals surface area (Å²) in [6.07, 6.45) is 0. The lowest BCUT2D eigenvalue weighted by molar-refractivity contribution is 0.0699. The van der Waals surface area contributed by atoms with Gasteiger partial charge in [0.05, 0.1) is 24.8 Å². The summed E-state index contributed by atoms with van der Waals surface area (Å²) in [5.41, 5.74) is 1.11. The maximum Gasteiger partial charge on any atom is 0.339 e. The molecule has 11 heteroatoms. The van der Waals surface area contributed by atoms with E-state index in [0.717, 1.165) is 11.3 Å². The minimum Gasteiger partial charge on any atom is -0.478 e. The Hall–Kier alpha value is -1.19. The molecule has 0 atom stereocenters. The third kappa shape index (κ3) is 12.6. The molecule has 0 unspecified atom stereocenters. The topological polar surface area (TPSA) is 66.4 Å². The number of rotatable bonds is 4. The number of nitrogens with one attached hydrogen (secondary N) is 1.